The average molecular weight is 520 g/mol. The van der Waals surface area contributed by atoms with Gasteiger partial charge in [-0.1, -0.05) is 44.0 Å². The molecule has 200 valence electrons. The van der Waals surface area contributed by atoms with Crippen LogP contribution in [0, 0.1) is 6.92 Å². The van der Waals surface area contributed by atoms with Crippen molar-refractivity contribution in [2.24, 2.45) is 0 Å². The minimum absolute atomic E-state index is 0.115. The minimum atomic E-state index is -0.979. The van der Waals surface area contributed by atoms with E-state index >= 15 is 0 Å². The summed E-state index contributed by atoms with van der Waals surface area (Å²) in [7, 11) is 0. The topological polar surface area (TPSA) is 122 Å². The fraction of sp³-hybridized carbons (Fsp3) is 0.393. The van der Waals surface area contributed by atoms with E-state index in [1.165, 1.54) is 9.80 Å². The van der Waals surface area contributed by atoms with E-state index in [1.807, 2.05) is 11.5 Å². The first-order chi connectivity index (χ1) is 18.3. The van der Waals surface area contributed by atoms with Crippen LogP contribution in [0.5, 0.6) is 0 Å². The molecular weight excluding hydrogens is 486 g/mol. The molecule has 0 atom stereocenters. The predicted octanol–water partition coefficient (Wildman–Crippen LogP) is 4.87. The van der Waals surface area contributed by atoms with Crippen molar-refractivity contribution in [3.63, 3.8) is 0 Å². The van der Waals surface area contributed by atoms with Gasteiger partial charge in [-0.25, -0.2) is 14.6 Å². The Morgan fingerprint density at radius 1 is 1.05 bits per heavy atom. The first-order valence-corrected chi connectivity index (χ1v) is 13.0. The molecule has 4 rings (SSSR count). The van der Waals surface area contributed by atoms with Crippen LogP contribution in [0.1, 0.15) is 78.4 Å². The standard InChI is InChI=1S/C28H33N5O5/c1-4-6-8-25-29-16-23(32(25)17-20-9-11-21(12-10-20)27(35)36)15-24-26(34)31(13-7-5-2)28(37)33(24)18-22-14-19(3)38-30-22/h9-12,14-16H,4-8,13,17-18H2,1-3H3,(H,35,36)/b24-15+. The van der Waals surface area contributed by atoms with Gasteiger partial charge in [-0.05, 0) is 43.5 Å². The van der Waals surface area contributed by atoms with Gasteiger partial charge in [-0.3, -0.25) is 14.6 Å². The minimum Gasteiger partial charge on any atom is -0.478 e. The van der Waals surface area contributed by atoms with Crippen LogP contribution in [-0.4, -0.2) is 54.1 Å². The third-order valence-corrected chi connectivity index (χ3v) is 6.50. The van der Waals surface area contributed by atoms with Gasteiger partial charge in [0.2, 0.25) is 0 Å². The number of benzene rings is 1. The third-order valence-electron chi connectivity index (χ3n) is 6.50. The number of carboxylic acid groups (broad SMARTS) is 1. The number of aromatic carboxylic acids is 1. The van der Waals surface area contributed by atoms with Crippen LogP contribution in [0.15, 0.2) is 46.7 Å². The van der Waals surface area contributed by atoms with Crippen LogP contribution in [0.25, 0.3) is 6.08 Å². The number of amides is 3. The Morgan fingerprint density at radius 3 is 2.42 bits per heavy atom. The van der Waals surface area contributed by atoms with Gasteiger partial charge >= 0.3 is 12.0 Å². The Hall–Kier alpha value is -4.21. The smallest absolute Gasteiger partial charge is 0.335 e. The van der Waals surface area contributed by atoms with Gasteiger partial charge in [-0.15, -0.1) is 0 Å². The number of hydrogen-bond donors (Lipinski definition) is 1. The normalized spacial score (nSPS) is 14.8. The zero-order chi connectivity index (χ0) is 27.2. The summed E-state index contributed by atoms with van der Waals surface area (Å²) in [5.74, 6) is 0.156. The zero-order valence-corrected chi connectivity index (χ0v) is 22.0. The highest BCUT2D eigenvalue weighted by molar-refractivity contribution is 6.13. The summed E-state index contributed by atoms with van der Waals surface area (Å²) in [6, 6.07) is 8.07. The summed E-state index contributed by atoms with van der Waals surface area (Å²) in [6.07, 6.45) is 7.71. The van der Waals surface area contributed by atoms with Crippen molar-refractivity contribution in [1.29, 1.82) is 0 Å². The molecule has 3 aromatic rings. The summed E-state index contributed by atoms with van der Waals surface area (Å²) < 4.78 is 7.19. The molecule has 3 heterocycles. The highest BCUT2D eigenvalue weighted by Gasteiger charge is 2.41. The zero-order valence-electron chi connectivity index (χ0n) is 22.0. The number of imidazole rings is 1. The molecule has 0 saturated carbocycles. The van der Waals surface area contributed by atoms with E-state index in [9.17, 15) is 19.5 Å². The Kier molecular flexibility index (Phi) is 8.40. The number of unbranched alkanes of at least 4 members (excludes halogenated alkanes) is 2. The summed E-state index contributed by atoms with van der Waals surface area (Å²) >= 11 is 0. The fourth-order valence-corrected chi connectivity index (χ4v) is 4.39. The van der Waals surface area contributed by atoms with Crippen molar-refractivity contribution in [2.45, 2.75) is 66.0 Å². The molecule has 10 heteroatoms. The maximum Gasteiger partial charge on any atom is 0.335 e. The number of carboxylic acids is 1. The first kappa shape index (κ1) is 26.8. The van der Waals surface area contributed by atoms with Gasteiger partial charge < -0.3 is 14.2 Å². The van der Waals surface area contributed by atoms with Crippen LogP contribution in [0.4, 0.5) is 4.79 Å². The number of aryl methyl sites for hydroxylation is 2. The molecule has 0 aliphatic carbocycles. The summed E-state index contributed by atoms with van der Waals surface area (Å²) in [5, 5.41) is 13.2. The number of carbonyl (C=O) groups excluding carboxylic acids is 2. The van der Waals surface area contributed by atoms with Gasteiger partial charge in [0.05, 0.1) is 24.0 Å². The number of carbonyl (C=O) groups is 3. The molecule has 0 spiro atoms. The summed E-state index contributed by atoms with van der Waals surface area (Å²) in [6.45, 7) is 6.80. The van der Waals surface area contributed by atoms with E-state index in [4.69, 9.17) is 4.52 Å². The first-order valence-electron chi connectivity index (χ1n) is 13.0. The van der Waals surface area contributed by atoms with E-state index in [-0.39, 0.29) is 29.7 Å². The largest absolute Gasteiger partial charge is 0.478 e. The molecule has 1 fully saturated rings. The van der Waals surface area contributed by atoms with Crippen molar-refractivity contribution in [2.75, 3.05) is 6.54 Å². The van der Waals surface area contributed by atoms with Crippen LogP contribution < -0.4 is 0 Å². The van der Waals surface area contributed by atoms with Crippen molar-refractivity contribution in [1.82, 2.24) is 24.5 Å². The van der Waals surface area contributed by atoms with Crippen molar-refractivity contribution in [3.05, 3.63) is 76.3 Å². The Balaban J connectivity index is 1.72. The van der Waals surface area contributed by atoms with E-state index in [0.29, 0.717) is 36.7 Å². The number of rotatable bonds is 12. The van der Waals surface area contributed by atoms with Gasteiger partial charge in [0.15, 0.2) is 0 Å². The Bertz CT molecular complexity index is 1340. The lowest BCUT2D eigenvalue weighted by atomic mass is 10.1. The third kappa shape index (κ3) is 5.85. The predicted molar refractivity (Wildman–Crippen MR) is 140 cm³/mol. The van der Waals surface area contributed by atoms with Crippen LogP contribution in [0.2, 0.25) is 0 Å². The second-order valence-corrected chi connectivity index (χ2v) is 9.43. The van der Waals surface area contributed by atoms with E-state index in [2.05, 4.69) is 17.1 Å². The summed E-state index contributed by atoms with van der Waals surface area (Å²) in [5.41, 5.74) is 2.62. The molecule has 0 unspecified atom stereocenters. The molecule has 1 saturated heterocycles. The molecule has 10 nitrogen and oxygen atoms in total. The van der Waals surface area contributed by atoms with Gasteiger partial charge in [-0.2, -0.15) is 0 Å². The lowest BCUT2D eigenvalue weighted by Crippen LogP contribution is -2.33. The number of urea groups is 1. The molecule has 3 amide bonds. The molecule has 38 heavy (non-hydrogen) atoms. The van der Waals surface area contributed by atoms with E-state index in [0.717, 1.165) is 37.1 Å². The Morgan fingerprint density at radius 2 is 1.79 bits per heavy atom. The molecule has 1 aliphatic rings. The SMILES string of the molecule is CCCCc1ncc(/C=C2\C(=O)N(CCCC)C(=O)N2Cc2cc(C)on2)n1Cc1ccc(C(=O)O)cc1. The van der Waals surface area contributed by atoms with Crippen LogP contribution >= 0.6 is 0 Å². The molecule has 1 aromatic carbocycles. The molecular formula is C28H33N5O5. The molecule has 0 bridgehead atoms. The maximum absolute atomic E-state index is 13.4. The fourth-order valence-electron chi connectivity index (χ4n) is 4.39. The second kappa shape index (κ2) is 11.9. The molecule has 1 aliphatic heterocycles. The van der Waals surface area contributed by atoms with Gasteiger partial charge in [0.25, 0.3) is 5.91 Å². The number of hydrogen-bond acceptors (Lipinski definition) is 6. The monoisotopic (exact) mass is 519 g/mol. The number of nitrogens with zero attached hydrogens (tertiary/aromatic N) is 5. The van der Waals surface area contributed by atoms with Gasteiger partial charge in [0, 0.05) is 25.6 Å². The summed E-state index contributed by atoms with van der Waals surface area (Å²) in [4.78, 5) is 45.4. The van der Waals surface area contributed by atoms with Gasteiger partial charge in [0.1, 0.15) is 23.0 Å². The van der Waals surface area contributed by atoms with E-state index < -0.39 is 5.97 Å². The highest BCUT2D eigenvalue weighted by Crippen LogP contribution is 2.27. The molecule has 1 N–H and O–H groups in total. The molecule has 0 radical (unpaired) electrons. The van der Waals surface area contributed by atoms with Crippen LogP contribution in [-0.2, 0) is 24.3 Å². The van der Waals surface area contributed by atoms with Crippen LogP contribution in [0.3, 0.4) is 0 Å². The Labute approximate surface area is 221 Å². The molecule has 2 aromatic heterocycles. The van der Waals surface area contributed by atoms with Crippen molar-refractivity contribution in [3.8, 4) is 0 Å². The number of aromatic nitrogens is 3. The highest BCUT2D eigenvalue weighted by atomic mass is 16.5. The average Bonchev–Trinajstić information content (AvgIpc) is 3.55. The lowest BCUT2D eigenvalue weighted by Gasteiger charge is -2.16. The number of imide groups is 1. The lowest BCUT2D eigenvalue weighted by molar-refractivity contribution is -0.123. The van der Waals surface area contributed by atoms with E-state index in [1.54, 1.807) is 49.5 Å². The van der Waals surface area contributed by atoms with Crippen molar-refractivity contribution < 1.29 is 24.0 Å². The maximum atomic E-state index is 13.4. The van der Waals surface area contributed by atoms with Crippen molar-refractivity contribution >= 4 is 24.0 Å². The quantitative estimate of drug-likeness (QED) is 0.267. The second-order valence-electron chi connectivity index (χ2n) is 9.43.